The van der Waals surface area contributed by atoms with Crippen LogP contribution in [0.3, 0.4) is 0 Å². The Labute approximate surface area is 133 Å². The Morgan fingerprint density at radius 3 is 2.55 bits per heavy atom. The van der Waals surface area contributed by atoms with Gasteiger partial charge in [-0.15, -0.1) is 0 Å². The molecule has 0 fully saturated rings. The van der Waals surface area contributed by atoms with Crippen molar-refractivity contribution < 1.29 is 14.7 Å². The van der Waals surface area contributed by atoms with E-state index in [1.807, 2.05) is 22.6 Å². The number of rotatable bonds is 3. The zero-order valence-electron chi connectivity index (χ0n) is 10.1. The second-order valence-corrected chi connectivity index (χ2v) is 5.64. The molecule has 0 spiro atoms. The van der Waals surface area contributed by atoms with Gasteiger partial charge in [0.1, 0.15) is 0 Å². The van der Waals surface area contributed by atoms with E-state index in [9.17, 15) is 9.59 Å². The van der Waals surface area contributed by atoms with Crippen molar-refractivity contribution in [3.63, 3.8) is 0 Å². The van der Waals surface area contributed by atoms with Gasteiger partial charge in [0.05, 0.1) is 11.3 Å². The van der Waals surface area contributed by atoms with Crippen LogP contribution < -0.4 is 5.32 Å². The summed E-state index contributed by atoms with van der Waals surface area (Å²) >= 11 is 7.83. The Kier molecular flexibility index (Phi) is 4.61. The minimum Gasteiger partial charge on any atom is -0.478 e. The average Bonchev–Trinajstić information content (AvgIpc) is 2.40. The smallest absolute Gasteiger partial charge is 0.337 e. The van der Waals surface area contributed by atoms with Gasteiger partial charge in [-0.2, -0.15) is 0 Å². The molecule has 0 aliphatic rings. The quantitative estimate of drug-likeness (QED) is 0.767. The number of carboxylic acid groups (broad SMARTS) is 1. The van der Waals surface area contributed by atoms with Gasteiger partial charge in [-0.3, -0.25) is 4.79 Å². The normalized spacial score (nSPS) is 10.1. The molecular weight excluding hydrogens is 393 g/mol. The van der Waals surface area contributed by atoms with Crippen LogP contribution in [0.4, 0.5) is 5.69 Å². The third kappa shape index (κ3) is 3.49. The molecular formula is C14H9ClINO3. The highest BCUT2D eigenvalue weighted by Crippen LogP contribution is 2.20. The number of halogens is 2. The van der Waals surface area contributed by atoms with Crippen LogP contribution in [-0.4, -0.2) is 17.0 Å². The van der Waals surface area contributed by atoms with Crippen LogP contribution in [0.2, 0.25) is 5.02 Å². The van der Waals surface area contributed by atoms with E-state index in [-0.39, 0.29) is 11.3 Å². The number of nitrogens with one attached hydrogen (secondary N) is 1. The van der Waals surface area contributed by atoms with Gasteiger partial charge in [-0.25, -0.2) is 4.79 Å². The molecule has 102 valence electrons. The molecule has 2 aromatic carbocycles. The van der Waals surface area contributed by atoms with Gasteiger partial charge in [-0.05, 0) is 59.0 Å². The Bertz CT molecular complexity index is 688. The lowest BCUT2D eigenvalue weighted by Crippen LogP contribution is -2.14. The minimum absolute atomic E-state index is 0.0484. The Hall–Kier alpha value is -1.60. The van der Waals surface area contributed by atoms with Gasteiger partial charge < -0.3 is 10.4 Å². The van der Waals surface area contributed by atoms with Crippen molar-refractivity contribution in [3.8, 4) is 0 Å². The zero-order valence-corrected chi connectivity index (χ0v) is 13.0. The monoisotopic (exact) mass is 401 g/mol. The van der Waals surface area contributed by atoms with Crippen LogP contribution in [0.5, 0.6) is 0 Å². The van der Waals surface area contributed by atoms with Crippen molar-refractivity contribution in [2.45, 2.75) is 0 Å². The van der Waals surface area contributed by atoms with Crippen molar-refractivity contribution in [2.24, 2.45) is 0 Å². The van der Waals surface area contributed by atoms with Crippen molar-refractivity contribution in [3.05, 3.63) is 62.2 Å². The first-order valence-corrected chi connectivity index (χ1v) is 7.03. The summed E-state index contributed by atoms with van der Waals surface area (Å²) in [5.74, 6) is -1.50. The molecule has 2 N–H and O–H groups in total. The maximum atomic E-state index is 12.1. The largest absolute Gasteiger partial charge is 0.478 e. The molecule has 0 saturated carbocycles. The molecule has 0 unspecified atom stereocenters. The molecule has 4 nitrogen and oxygen atoms in total. The van der Waals surface area contributed by atoms with Gasteiger partial charge in [0, 0.05) is 14.2 Å². The van der Waals surface area contributed by atoms with Crippen LogP contribution in [0.25, 0.3) is 0 Å². The van der Waals surface area contributed by atoms with Crippen molar-refractivity contribution in [2.75, 3.05) is 5.32 Å². The van der Waals surface area contributed by atoms with Crippen LogP contribution >= 0.6 is 34.2 Å². The lowest BCUT2D eigenvalue weighted by Gasteiger charge is -2.09. The second-order valence-electron chi connectivity index (χ2n) is 3.96. The first-order chi connectivity index (χ1) is 9.47. The molecule has 6 heteroatoms. The molecule has 0 saturated heterocycles. The maximum Gasteiger partial charge on any atom is 0.337 e. The van der Waals surface area contributed by atoms with Gasteiger partial charge in [0.2, 0.25) is 0 Å². The standard InChI is InChI=1S/C14H9ClINO3/c15-9-3-1-2-8(6-9)13(18)17-12-5-4-10(16)7-11(12)14(19)20/h1-7H,(H,17,18)(H,19,20). The Morgan fingerprint density at radius 1 is 1.15 bits per heavy atom. The van der Waals surface area contributed by atoms with Crippen LogP contribution in [-0.2, 0) is 0 Å². The fraction of sp³-hybridized carbons (Fsp3) is 0. The first-order valence-electron chi connectivity index (χ1n) is 5.57. The number of carbonyl (C=O) groups excluding carboxylic acids is 1. The predicted molar refractivity (Wildman–Crippen MR) is 85.5 cm³/mol. The summed E-state index contributed by atoms with van der Waals surface area (Å²) in [6.07, 6.45) is 0. The van der Waals surface area contributed by atoms with Crippen LogP contribution in [0.15, 0.2) is 42.5 Å². The molecule has 2 aromatic rings. The summed E-state index contributed by atoms with van der Waals surface area (Å²) in [4.78, 5) is 23.2. The van der Waals surface area contributed by atoms with Gasteiger partial charge in [0.15, 0.2) is 0 Å². The number of aromatic carboxylic acids is 1. The number of anilines is 1. The third-order valence-corrected chi connectivity index (χ3v) is 3.45. The summed E-state index contributed by atoms with van der Waals surface area (Å²) < 4.78 is 0.778. The molecule has 0 aliphatic heterocycles. The Balaban J connectivity index is 2.30. The van der Waals surface area contributed by atoms with Crippen LogP contribution in [0, 0.1) is 3.57 Å². The highest BCUT2D eigenvalue weighted by molar-refractivity contribution is 14.1. The highest BCUT2D eigenvalue weighted by atomic mass is 127. The summed E-state index contributed by atoms with van der Waals surface area (Å²) in [6.45, 7) is 0. The number of benzene rings is 2. The van der Waals surface area contributed by atoms with E-state index in [1.54, 1.807) is 30.3 Å². The topological polar surface area (TPSA) is 66.4 Å². The summed E-state index contributed by atoms with van der Waals surface area (Å²) in [6, 6.07) is 11.2. The molecule has 0 bridgehead atoms. The fourth-order valence-corrected chi connectivity index (χ4v) is 2.31. The van der Waals surface area contributed by atoms with E-state index in [0.717, 1.165) is 3.57 Å². The molecule has 1 amide bonds. The number of hydrogen-bond acceptors (Lipinski definition) is 2. The molecule has 0 aromatic heterocycles. The number of carbonyl (C=O) groups is 2. The molecule has 0 radical (unpaired) electrons. The highest BCUT2D eigenvalue weighted by Gasteiger charge is 2.14. The lowest BCUT2D eigenvalue weighted by molar-refractivity contribution is 0.0698. The van der Waals surface area contributed by atoms with Gasteiger partial charge in [0.25, 0.3) is 5.91 Å². The number of amides is 1. The van der Waals surface area contributed by atoms with Gasteiger partial charge >= 0.3 is 5.97 Å². The second kappa shape index (κ2) is 6.23. The Morgan fingerprint density at radius 2 is 1.90 bits per heavy atom. The average molecular weight is 402 g/mol. The molecule has 0 heterocycles. The summed E-state index contributed by atoms with van der Waals surface area (Å²) in [7, 11) is 0. The van der Waals surface area contributed by atoms with E-state index < -0.39 is 11.9 Å². The van der Waals surface area contributed by atoms with E-state index in [2.05, 4.69) is 5.32 Å². The number of hydrogen-bond donors (Lipinski definition) is 2. The maximum absolute atomic E-state index is 12.1. The minimum atomic E-state index is -1.09. The van der Waals surface area contributed by atoms with E-state index in [4.69, 9.17) is 16.7 Å². The van der Waals surface area contributed by atoms with E-state index >= 15 is 0 Å². The third-order valence-electron chi connectivity index (χ3n) is 2.55. The first kappa shape index (κ1) is 14.8. The van der Waals surface area contributed by atoms with Crippen molar-refractivity contribution in [1.82, 2.24) is 0 Å². The van der Waals surface area contributed by atoms with E-state index in [1.165, 1.54) is 12.1 Å². The SMILES string of the molecule is O=C(Nc1ccc(I)cc1C(=O)O)c1cccc(Cl)c1. The summed E-state index contributed by atoms with van der Waals surface area (Å²) in [5.41, 5.74) is 0.669. The van der Waals surface area contributed by atoms with Gasteiger partial charge in [-0.1, -0.05) is 17.7 Å². The number of carboxylic acids is 1. The molecule has 0 aliphatic carbocycles. The van der Waals surface area contributed by atoms with Crippen molar-refractivity contribution >= 4 is 51.8 Å². The predicted octanol–water partition coefficient (Wildman–Crippen LogP) is 3.90. The molecule has 2 rings (SSSR count). The fourth-order valence-electron chi connectivity index (χ4n) is 1.63. The molecule has 20 heavy (non-hydrogen) atoms. The molecule has 0 atom stereocenters. The van der Waals surface area contributed by atoms with E-state index in [0.29, 0.717) is 10.6 Å². The van der Waals surface area contributed by atoms with Crippen LogP contribution in [0.1, 0.15) is 20.7 Å². The lowest BCUT2D eigenvalue weighted by atomic mass is 10.1. The summed E-state index contributed by atoms with van der Waals surface area (Å²) in [5, 5.41) is 12.2. The zero-order chi connectivity index (χ0) is 14.7. The van der Waals surface area contributed by atoms with Crippen molar-refractivity contribution in [1.29, 1.82) is 0 Å².